The van der Waals surface area contributed by atoms with Crippen LogP contribution in [0.15, 0.2) is 30.3 Å². The number of hydrogen-bond donors (Lipinski definition) is 0. The largest absolute Gasteiger partial charge is 0.465 e. The minimum atomic E-state index is -2.84. The van der Waals surface area contributed by atoms with Gasteiger partial charge in [-0.2, -0.15) is 0 Å². The molecule has 0 N–H and O–H groups in total. The fourth-order valence-electron chi connectivity index (χ4n) is 4.65. The molecule has 2 amide bonds. The summed E-state index contributed by atoms with van der Waals surface area (Å²) in [5.74, 6) is -3.69. The Morgan fingerprint density at radius 2 is 1.82 bits per heavy atom. The number of esters is 1. The van der Waals surface area contributed by atoms with Crippen molar-refractivity contribution in [3.63, 3.8) is 0 Å². The summed E-state index contributed by atoms with van der Waals surface area (Å²) in [5.41, 5.74) is -0.223. The molecule has 0 spiro atoms. The normalized spacial score (nSPS) is 22.2. The smallest absolute Gasteiger partial charge is 0.410 e. The van der Waals surface area contributed by atoms with Gasteiger partial charge in [0.1, 0.15) is 13.2 Å². The molecule has 1 aromatic rings. The van der Waals surface area contributed by atoms with Crippen molar-refractivity contribution in [2.45, 2.75) is 77.5 Å². The molecule has 2 atom stereocenters. The van der Waals surface area contributed by atoms with Crippen molar-refractivity contribution in [3.05, 3.63) is 35.9 Å². The zero-order chi connectivity index (χ0) is 24.9. The fourth-order valence-corrected chi connectivity index (χ4v) is 4.65. The van der Waals surface area contributed by atoms with Gasteiger partial charge < -0.3 is 19.3 Å². The summed E-state index contributed by atoms with van der Waals surface area (Å²) in [6.07, 6.45) is 0.175. The highest BCUT2D eigenvalue weighted by Gasteiger charge is 2.47. The number of carbonyl (C=O) groups is 3. The summed E-state index contributed by atoms with van der Waals surface area (Å²) < 4.78 is 39.1. The maximum Gasteiger partial charge on any atom is 0.410 e. The molecule has 1 unspecified atom stereocenters. The number of amides is 2. The highest BCUT2D eigenvalue weighted by Crippen LogP contribution is 2.38. The van der Waals surface area contributed by atoms with Crippen LogP contribution >= 0.6 is 0 Å². The predicted molar refractivity (Wildman–Crippen MR) is 121 cm³/mol. The summed E-state index contributed by atoms with van der Waals surface area (Å²) in [6, 6.07) is 8.25. The van der Waals surface area contributed by atoms with Gasteiger partial charge in [-0.25, -0.2) is 13.6 Å². The molecule has 2 fully saturated rings. The first-order valence-electron chi connectivity index (χ1n) is 11.8. The molecule has 2 aliphatic rings. The van der Waals surface area contributed by atoms with E-state index in [1.165, 1.54) is 11.8 Å². The number of hydrogen-bond acceptors (Lipinski definition) is 5. The molecule has 1 heterocycles. The molecular weight excluding hydrogens is 446 g/mol. The second-order valence-corrected chi connectivity index (χ2v) is 9.91. The van der Waals surface area contributed by atoms with Gasteiger partial charge in [-0.15, -0.1) is 0 Å². The zero-order valence-electron chi connectivity index (χ0n) is 20.1. The van der Waals surface area contributed by atoms with E-state index < -0.39 is 41.9 Å². The average molecular weight is 481 g/mol. The van der Waals surface area contributed by atoms with E-state index in [9.17, 15) is 23.2 Å². The van der Waals surface area contributed by atoms with E-state index in [-0.39, 0.29) is 32.1 Å². The Morgan fingerprint density at radius 3 is 2.47 bits per heavy atom. The molecule has 1 saturated carbocycles. The highest BCUT2D eigenvalue weighted by molar-refractivity contribution is 5.83. The van der Waals surface area contributed by atoms with Crippen LogP contribution in [0.5, 0.6) is 0 Å². The predicted octanol–water partition coefficient (Wildman–Crippen LogP) is 4.39. The van der Waals surface area contributed by atoms with Crippen molar-refractivity contribution in [2.24, 2.45) is 5.41 Å². The topological polar surface area (TPSA) is 76.2 Å². The van der Waals surface area contributed by atoms with Gasteiger partial charge in [0, 0.05) is 38.9 Å². The van der Waals surface area contributed by atoms with Gasteiger partial charge in [-0.05, 0) is 38.7 Å². The van der Waals surface area contributed by atoms with Crippen LogP contribution in [0.25, 0.3) is 0 Å². The Hall–Kier alpha value is -2.71. The van der Waals surface area contributed by atoms with Crippen molar-refractivity contribution in [2.75, 3.05) is 19.7 Å². The van der Waals surface area contributed by atoms with E-state index in [4.69, 9.17) is 9.47 Å². The van der Waals surface area contributed by atoms with Gasteiger partial charge in [-0.1, -0.05) is 30.3 Å². The second kappa shape index (κ2) is 10.7. The second-order valence-electron chi connectivity index (χ2n) is 9.91. The molecule has 188 valence electrons. The van der Waals surface area contributed by atoms with E-state index in [1.807, 2.05) is 30.3 Å². The van der Waals surface area contributed by atoms with Gasteiger partial charge in [0.25, 0.3) is 0 Å². The number of rotatable bonds is 7. The maximum absolute atomic E-state index is 14.3. The van der Waals surface area contributed by atoms with E-state index >= 15 is 0 Å². The average Bonchev–Trinajstić information content (AvgIpc) is 3.26. The third-order valence-electron chi connectivity index (χ3n) is 6.48. The van der Waals surface area contributed by atoms with E-state index in [0.29, 0.717) is 25.8 Å². The molecule has 0 aromatic heterocycles. The molecular formula is C25H34F2N2O5. The third kappa shape index (κ3) is 6.67. The lowest BCUT2D eigenvalue weighted by atomic mass is 9.86. The third-order valence-corrected chi connectivity index (χ3v) is 6.48. The molecule has 34 heavy (non-hydrogen) atoms. The number of nitrogens with zero attached hydrogens (tertiary/aromatic N) is 2. The van der Waals surface area contributed by atoms with E-state index in [1.54, 1.807) is 18.7 Å². The van der Waals surface area contributed by atoms with Crippen molar-refractivity contribution < 1.29 is 32.6 Å². The Bertz CT molecular complexity index is 877. The van der Waals surface area contributed by atoms with Crippen LogP contribution in [0.3, 0.4) is 0 Å². The zero-order valence-corrected chi connectivity index (χ0v) is 20.1. The lowest BCUT2D eigenvalue weighted by molar-refractivity contribution is -0.157. The molecule has 7 nitrogen and oxygen atoms in total. The molecule has 1 aliphatic carbocycles. The van der Waals surface area contributed by atoms with Crippen molar-refractivity contribution in [1.82, 2.24) is 9.80 Å². The number of alkyl halides is 2. The fraction of sp³-hybridized carbons (Fsp3) is 0.640. The summed E-state index contributed by atoms with van der Waals surface area (Å²) in [4.78, 5) is 40.6. The van der Waals surface area contributed by atoms with Gasteiger partial charge in [0.15, 0.2) is 0 Å². The number of benzene rings is 1. The molecule has 0 bridgehead atoms. The van der Waals surface area contributed by atoms with Crippen LogP contribution in [0.4, 0.5) is 13.6 Å². The van der Waals surface area contributed by atoms with Crippen molar-refractivity contribution in [3.8, 4) is 0 Å². The Labute approximate surface area is 199 Å². The van der Waals surface area contributed by atoms with Gasteiger partial charge in [0.05, 0.1) is 11.5 Å². The Morgan fingerprint density at radius 1 is 1.12 bits per heavy atom. The number of carbonyl (C=O) groups excluding carboxylic acids is 3. The van der Waals surface area contributed by atoms with Crippen molar-refractivity contribution in [1.29, 1.82) is 0 Å². The van der Waals surface area contributed by atoms with Crippen LogP contribution in [0, 0.1) is 5.41 Å². The Kier molecular flexibility index (Phi) is 8.15. The molecule has 1 saturated heterocycles. The first-order valence-corrected chi connectivity index (χ1v) is 11.8. The van der Waals surface area contributed by atoms with Crippen LogP contribution in [0.1, 0.15) is 58.4 Å². The van der Waals surface area contributed by atoms with Crippen LogP contribution in [0.2, 0.25) is 0 Å². The first-order chi connectivity index (χ1) is 16.0. The van der Waals surface area contributed by atoms with Gasteiger partial charge in [0.2, 0.25) is 11.8 Å². The van der Waals surface area contributed by atoms with Crippen LogP contribution in [-0.2, 0) is 25.7 Å². The van der Waals surface area contributed by atoms with E-state index in [2.05, 4.69) is 0 Å². The molecule has 3 rings (SSSR count). The SMILES string of the molecule is CC(=O)OCC(C)(C)C(=O)N(C1CCCC(F)(F)C1)[C@H]1CCN(C(=O)OCc2ccccc2)C1. The van der Waals surface area contributed by atoms with Crippen molar-refractivity contribution >= 4 is 18.0 Å². The standard InChI is InChI=1S/C25H34F2N2O5/c1-18(30)34-17-24(2,3)22(31)29(20-10-7-12-25(26,27)14-20)21-11-13-28(15-21)23(32)33-16-19-8-5-4-6-9-19/h4-6,8-9,20-21H,7,10-17H2,1-3H3/t20?,21-/m0/s1. The quantitative estimate of drug-likeness (QED) is 0.541. The minimum Gasteiger partial charge on any atom is -0.465 e. The van der Waals surface area contributed by atoms with Gasteiger partial charge in [-0.3, -0.25) is 9.59 Å². The summed E-state index contributed by atoms with van der Waals surface area (Å²) >= 11 is 0. The lowest BCUT2D eigenvalue weighted by Crippen LogP contribution is -2.56. The molecule has 9 heteroatoms. The lowest BCUT2D eigenvalue weighted by Gasteiger charge is -2.43. The highest BCUT2D eigenvalue weighted by atomic mass is 19.3. The van der Waals surface area contributed by atoms with Crippen LogP contribution in [-0.4, -0.2) is 65.5 Å². The van der Waals surface area contributed by atoms with Gasteiger partial charge >= 0.3 is 12.1 Å². The monoisotopic (exact) mass is 480 g/mol. The maximum atomic E-state index is 14.3. The molecule has 1 aliphatic heterocycles. The number of ether oxygens (including phenoxy) is 2. The summed E-state index contributed by atoms with van der Waals surface area (Å²) in [7, 11) is 0. The first kappa shape index (κ1) is 25.9. The minimum absolute atomic E-state index is 0.133. The Balaban J connectivity index is 1.72. The van der Waals surface area contributed by atoms with Crippen LogP contribution < -0.4 is 0 Å². The van der Waals surface area contributed by atoms with E-state index in [0.717, 1.165) is 5.56 Å². The summed E-state index contributed by atoms with van der Waals surface area (Å²) in [6.45, 7) is 5.13. The molecule has 0 radical (unpaired) electrons. The summed E-state index contributed by atoms with van der Waals surface area (Å²) in [5, 5.41) is 0. The number of halogens is 2. The molecule has 1 aromatic carbocycles. The number of likely N-dealkylation sites (tertiary alicyclic amines) is 1.